The summed E-state index contributed by atoms with van der Waals surface area (Å²) >= 11 is 0. The monoisotopic (exact) mass is 164 g/mol. The highest BCUT2D eigenvalue weighted by Gasteiger charge is 2.54. The summed E-state index contributed by atoms with van der Waals surface area (Å²) in [7, 11) is 0. The van der Waals surface area contributed by atoms with Crippen molar-refractivity contribution in [2.45, 2.75) is 32.6 Å². The molecule has 0 amide bonds. The lowest BCUT2D eigenvalue weighted by Gasteiger charge is -2.30. The Kier molecular flexibility index (Phi) is 1.26. The summed E-state index contributed by atoms with van der Waals surface area (Å²) in [5, 5.41) is 0. The first-order valence-electron chi connectivity index (χ1n) is 5.26. The molecule has 1 heteroatoms. The van der Waals surface area contributed by atoms with E-state index in [2.05, 4.69) is 0 Å². The average molecular weight is 164 g/mol. The fourth-order valence-electron chi connectivity index (χ4n) is 4.37. The second kappa shape index (κ2) is 2.12. The van der Waals surface area contributed by atoms with Gasteiger partial charge in [0.2, 0.25) is 0 Å². The van der Waals surface area contributed by atoms with Gasteiger partial charge in [-0.1, -0.05) is 0 Å². The summed E-state index contributed by atoms with van der Waals surface area (Å²) in [4.78, 5) is 11.4. The number of ketones is 1. The first-order chi connectivity index (χ1) is 5.75. The molecule has 0 radical (unpaired) electrons. The van der Waals surface area contributed by atoms with Crippen LogP contribution in [0.2, 0.25) is 0 Å². The molecule has 0 unspecified atom stereocenters. The maximum atomic E-state index is 11.4. The predicted molar refractivity (Wildman–Crippen MR) is 46.6 cm³/mol. The molecular weight excluding hydrogens is 148 g/mol. The first kappa shape index (κ1) is 7.11. The summed E-state index contributed by atoms with van der Waals surface area (Å²) in [5.74, 6) is 4.52. The van der Waals surface area contributed by atoms with Crippen molar-refractivity contribution in [3.05, 3.63) is 0 Å². The maximum Gasteiger partial charge on any atom is 0.133 e. The Morgan fingerprint density at radius 2 is 1.83 bits per heavy atom. The Hall–Kier alpha value is -0.330. The molecule has 0 aromatic heterocycles. The predicted octanol–water partition coefficient (Wildman–Crippen LogP) is 2.26. The lowest BCUT2D eigenvalue weighted by atomic mass is 9.74. The van der Waals surface area contributed by atoms with E-state index in [1.165, 1.54) is 25.7 Å². The van der Waals surface area contributed by atoms with Crippen LogP contribution in [0, 0.1) is 29.6 Å². The van der Waals surface area contributed by atoms with Crippen molar-refractivity contribution < 1.29 is 4.79 Å². The molecule has 4 fully saturated rings. The number of rotatable bonds is 1. The van der Waals surface area contributed by atoms with Gasteiger partial charge in [0, 0.05) is 5.92 Å². The van der Waals surface area contributed by atoms with E-state index in [-0.39, 0.29) is 0 Å². The summed E-state index contributed by atoms with van der Waals surface area (Å²) in [5.41, 5.74) is 0. The molecule has 0 aliphatic heterocycles. The number of carbonyl (C=O) groups excluding carboxylic acids is 1. The van der Waals surface area contributed by atoms with E-state index in [1.807, 2.05) is 0 Å². The van der Waals surface area contributed by atoms with Gasteiger partial charge in [0.05, 0.1) is 0 Å². The Labute approximate surface area is 73.5 Å². The van der Waals surface area contributed by atoms with Crippen LogP contribution in [0.15, 0.2) is 0 Å². The second-order valence-corrected chi connectivity index (χ2v) is 5.13. The minimum atomic E-state index is 0.479. The largest absolute Gasteiger partial charge is 0.300 e. The average Bonchev–Trinajstić information content (AvgIpc) is 2.38. The third-order valence-electron chi connectivity index (χ3n) is 4.53. The minimum absolute atomic E-state index is 0.479. The van der Waals surface area contributed by atoms with Gasteiger partial charge in [0.15, 0.2) is 0 Å². The fraction of sp³-hybridized carbons (Fsp3) is 0.909. The van der Waals surface area contributed by atoms with Crippen LogP contribution >= 0.6 is 0 Å². The molecule has 12 heavy (non-hydrogen) atoms. The van der Waals surface area contributed by atoms with Gasteiger partial charge < -0.3 is 0 Å². The van der Waals surface area contributed by atoms with Crippen molar-refractivity contribution in [1.82, 2.24) is 0 Å². The molecule has 5 atom stereocenters. The van der Waals surface area contributed by atoms with Gasteiger partial charge in [-0.3, -0.25) is 4.79 Å². The fourth-order valence-corrected chi connectivity index (χ4v) is 4.37. The maximum absolute atomic E-state index is 11.4. The lowest BCUT2D eigenvalue weighted by Crippen LogP contribution is -2.28. The molecule has 4 aliphatic carbocycles. The van der Waals surface area contributed by atoms with Crippen molar-refractivity contribution in [3.8, 4) is 0 Å². The summed E-state index contributed by atoms with van der Waals surface area (Å²) in [6, 6.07) is 0. The van der Waals surface area contributed by atoms with Gasteiger partial charge in [-0.2, -0.15) is 0 Å². The first-order valence-corrected chi connectivity index (χ1v) is 5.26. The van der Waals surface area contributed by atoms with Crippen LogP contribution in [0.25, 0.3) is 0 Å². The minimum Gasteiger partial charge on any atom is -0.300 e. The van der Waals surface area contributed by atoms with Crippen LogP contribution in [0.5, 0.6) is 0 Å². The van der Waals surface area contributed by atoms with Gasteiger partial charge in [-0.15, -0.1) is 0 Å². The zero-order chi connectivity index (χ0) is 8.29. The molecule has 66 valence electrons. The van der Waals surface area contributed by atoms with Crippen LogP contribution in [0.3, 0.4) is 0 Å². The van der Waals surface area contributed by atoms with Crippen molar-refractivity contribution >= 4 is 5.78 Å². The third-order valence-corrected chi connectivity index (χ3v) is 4.53. The quantitative estimate of drug-likeness (QED) is 0.581. The molecule has 4 rings (SSSR count). The molecule has 0 N–H and O–H groups in total. The number of hydrogen-bond donors (Lipinski definition) is 0. The van der Waals surface area contributed by atoms with E-state index in [0.717, 1.165) is 23.7 Å². The molecule has 0 saturated heterocycles. The molecule has 0 aromatic rings. The Balaban J connectivity index is 1.94. The molecule has 4 saturated carbocycles. The highest BCUT2D eigenvalue weighted by Crippen LogP contribution is 2.61. The molecule has 0 spiro atoms. The number of Topliss-reactive ketones (excluding diaryl/α,β-unsaturated/α-hetero) is 1. The van der Waals surface area contributed by atoms with Crippen LogP contribution < -0.4 is 0 Å². The Morgan fingerprint density at radius 3 is 2.50 bits per heavy atom. The third kappa shape index (κ3) is 0.725. The van der Waals surface area contributed by atoms with E-state index >= 15 is 0 Å². The van der Waals surface area contributed by atoms with Crippen LogP contribution in [-0.2, 0) is 4.79 Å². The molecule has 0 aromatic carbocycles. The van der Waals surface area contributed by atoms with E-state index in [0.29, 0.717) is 11.7 Å². The molecule has 0 heterocycles. The molecular formula is C11H16O. The van der Waals surface area contributed by atoms with E-state index in [4.69, 9.17) is 0 Å². The smallest absolute Gasteiger partial charge is 0.133 e. The van der Waals surface area contributed by atoms with E-state index in [9.17, 15) is 4.79 Å². The SMILES string of the molecule is CC(=O)[C@H]1[C@H]2C[C@H]3C[C@H](C2)[C@H]1C3. The normalized spacial score (nSPS) is 54.9. The second-order valence-electron chi connectivity index (χ2n) is 5.13. The highest BCUT2D eigenvalue weighted by molar-refractivity contribution is 5.79. The highest BCUT2D eigenvalue weighted by atomic mass is 16.1. The number of hydrogen-bond acceptors (Lipinski definition) is 1. The topological polar surface area (TPSA) is 17.1 Å². The van der Waals surface area contributed by atoms with E-state index < -0.39 is 0 Å². The zero-order valence-electron chi connectivity index (χ0n) is 7.62. The summed E-state index contributed by atoms with van der Waals surface area (Å²) < 4.78 is 0. The van der Waals surface area contributed by atoms with Crippen molar-refractivity contribution in [2.24, 2.45) is 29.6 Å². The van der Waals surface area contributed by atoms with Crippen molar-refractivity contribution in [1.29, 1.82) is 0 Å². The van der Waals surface area contributed by atoms with Gasteiger partial charge in [-0.25, -0.2) is 0 Å². The van der Waals surface area contributed by atoms with Crippen LogP contribution in [0.4, 0.5) is 0 Å². The van der Waals surface area contributed by atoms with Gasteiger partial charge in [-0.05, 0) is 56.3 Å². The summed E-state index contributed by atoms with van der Waals surface area (Å²) in [6.07, 6.45) is 5.58. The molecule has 1 nitrogen and oxygen atoms in total. The van der Waals surface area contributed by atoms with Crippen LogP contribution in [0.1, 0.15) is 32.6 Å². The Morgan fingerprint density at radius 1 is 1.08 bits per heavy atom. The Bertz CT molecular complexity index is 229. The van der Waals surface area contributed by atoms with Crippen molar-refractivity contribution in [3.63, 3.8) is 0 Å². The van der Waals surface area contributed by atoms with E-state index in [1.54, 1.807) is 6.92 Å². The standard InChI is InChI=1S/C11H16O/c1-6(12)11-9-3-7-2-8(5-9)10(11)4-7/h7-11H,2-5H2,1H3/t7-,8-,9+,10-,11+/m1/s1. The molecule has 4 bridgehead atoms. The number of carbonyl (C=O) groups is 1. The van der Waals surface area contributed by atoms with Gasteiger partial charge >= 0.3 is 0 Å². The van der Waals surface area contributed by atoms with Gasteiger partial charge in [0.1, 0.15) is 5.78 Å². The lowest BCUT2D eigenvalue weighted by molar-refractivity contribution is -0.124. The van der Waals surface area contributed by atoms with Gasteiger partial charge in [0.25, 0.3) is 0 Å². The summed E-state index contributed by atoms with van der Waals surface area (Å²) in [6.45, 7) is 1.80. The van der Waals surface area contributed by atoms with Crippen molar-refractivity contribution in [2.75, 3.05) is 0 Å². The molecule has 4 aliphatic rings. The zero-order valence-corrected chi connectivity index (χ0v) is 7.62. The van der Waals surface area contributed by atoms with Crippen LogP contribution in [-0.4, -0.2) is 5.78 Å².